The Bertz CT molecular complexity index is 1120. The zero-order chi connectivity index (χ0) is 27.3. The van der Waals surface area contributed by atoms with Gasteiger partial charge < -0.3 is 25.0 Å². The molecular weight excluding hydrogens is 542 g/mol. The minimum absolute atomic E-state index is 0. The molecule has 1 atom stereocenters. The van der Waals surface area contributed by atoms with Crippen LogP contribution in [-0.2, 0) is 14.8 Å². The number of unbranched alkanes of at least 4 members (excludes halogenated alkanes) is 1. The summed E-state index contributed by atoms with van der Waals surface area (Å²) in [6, 6.07) is 4.63. The van der Waals surface area contributed by atoms with E-state index in [1.54, 1.807) is 22.5 Å². The van der Waals surface area contributed by atoms with Crippen LogP contribution < -0.4 is 10.1 Å². The number of piperazine rings is 1. The average molecular weight is 586 g/mol. The van der Waals surface area contributed by atoms with Gasteiger partial charge in [-0.3, -0.25) is 9.69 Å². The molecule has 0 aromatic heterocycles. The highest BCUT2D eigenvalue weighted by Crippen LogP contribution is 2.40. The van der Waals surface area contributed by atoms with E-state index in [1.165, 1.54) is 0 Å². The fourth-order valence-corrected chi connectivity index (χ4v) is 7.05. The lowest BCUT2D eigenvalue weighted by Gasteiger charge is -2.35. The van der Waals surface area contributed by atoms with Crippen LogP contribution in [0.2, 0.25) is 0 Å². The number of hydrogen-bond donors (Lipinski definition) is 2. The largest absolute Gasteiger partial charge is 0.493 e. The van der Waals surface area contributed by atoms with Crippen LogP contribution in [0.4, 0.5) is 0 Å². The number of carbonyl (C=O) groups excluding carboxylic acids is 1. The van der Waals surface area contributed by atoms with Gasteiger partial charge in [0.05, 0.1) is 24.2 Å². The summed E-state index contributed by atoms with van der Waals surface area (Å²) in [6.07, 6.45) is 3.49. The van der Waals surface area contributed by atoms with Crippen molar-refractivity contribution in [2.75, 3.05) is 72.7 Å². The molecule has 0 radical (unpaired) electrons. The number of ether oxygens (including phenoxy) is 1. The zero-order valence-electron chi connectivity index (χ0n) is 23.4. The molecule has 3 aliphatic rings. The summed E-state index contributed by atoms with van der Waals surface area (Å²) in [5, 5.41) is 12.1. The van der Waals surface area contributed by atoms with Crippen LogP contribution in [0.15, 0.2) is 34.4 Å². The SMILES string of the molecule is CCCOc1ccc(S(=O)(=O)N2CCN(CCCCO)CC2)cc1C1NC(=O)C2=C1CN(CCC)CN2C.Cl. The molecule has 0 bridgehead atoms. The predicted molar refractivity (Wildman–Crippen MR) is 153 cm³/mol. The number of aliphatic hydroxyl groups excluding tert-OH is 1. The second kappa shape index (κ2) is 14.1. The van der Waals surface area contributed by atoms with Crippen molar-refractivity contribution in [3.05, 3.63) is 35.0 Å². The standard InChI is InChI=1S/C27H43N5O5S.ClH/c1-4-10-31-19-23-25(28-27(34)26(23)29(3)20-31)22-18-21(8-9-24(22)37-17-5-2)38(35,36)32-14-12-30(13-15-32)11-6-7-16-33;/h8-9,18,25,33H,4-7,10-17,19-20H2,1-3H3,(H,28,34);1H. The Labute approximate surface area is 239 Å². The molecule has 1 unspecified atom stereocenters. The molecule has 0 saturated carbocycles. The lowest BCUT2D eigenvalue weighted by atomic mass is 9.97. The number of sulfonamides is 1. The number of hydrogen-bond acceptors (Lipinski definition) is 8. The van der Waals surface area contributed by atoms with Crippen LogP contribution in [0.1, 0.15) is 51.1 Å². The van der Waals surface area contributed by atoms with E-state index in [1.807, 2.05) is 18.9 Å². The lowest BCUT2D eigenvalue weighted by molar-refractivity contribution is -0.118. The fraction of sp³-hybridized carbons (Fsp3) is 0.667. The van der Waals surface area contributed by atoms with E-state index in [0.717, 1.165) is 44.3 Å². The second-order valence-electron chi connectivity index (χ2n) is 10.4. The number of nitrogens with zero attached hydrogens (tertiary/aromatic N) is 4. The molecule has 0 spiro atoms. The van der Waals surface area contributed by atoms with Crippen LogP contribution in [0.3, 0.4) is 0 Å². The molecule has 39 heavy (non-hydrogen) atoms. The third-order valence-corrected chi connectivity index (χ3v) is 9.37. The summed E-state index contributed by atoms with van der Waals surface area (Å²) >= 11 is 0. The Kier molecular flexibility index (Phi) is 11.5. The molecule has 10 nitrogen and oxygen atoms in total. The van der Waals surface area contributed by atoms with E-state index in [9.17, 15) is 13.2 Å². The molecule has 3 heterocycles. The van der Waals surface area contributed by atoms with E-state index in [2.05, 4.69) is 22.0 Å². The first-order chi connectivity index (χ1) is 18.3. The number of nitrogens with one attached hydrogen (secondary N) is 1. The number of likely N-dealkylation sites (N-methyl/N-ethyl adjacent to an activating group) is 1. The van der Waals surface area contributed by atoms with Gasteiger partial charge in [0.2, 0.25) is 10.0 Å². The summed E-state index contributed by atoms with van der Waals surface area (Å²) in [5.74, 6) is 0.476. The van der Waals surface area contributed by atoms with Gasteiger partial charge in [-0.1, -0.05) is 13.8 Å². The summed E-state index contributed by atoms with van der Waals surface area (Å²) in [7, 11) is -1.78. The summed E-state index contributed by atoms with van der Waals surface area (Å²) in [6.45, 7) is 10.2. The summed E-state index contributed by atoms with van der Waals surface area (Å²) in [5.41, 5.74) is 2.33. The zero-order valence-corrected chi connectivity index (χ0v) is 25.0. The monoisotopic (exact) mass is 585 g/mol. The van der Waals surface area contributed by atoms with Crippen LogP contribution in [-0.4, -0.2) is 111 Å². The highest BCUT2D eigenvalue weighted by Gasteiger charge is 2.40. The van der Waals surface area contributed by atoms with E-state index < -0.39 is 16.1 Å². The Morgan fingerprint density at radius 1 is 1.05 bits per heavy atom. The van der Waals surface area contributed by atoms with Crippen LogP contribution in [0.5, 0.6) is 5.75 Å². The number of rotatable bonds is 12. The molecule has 1 saturated heterocycles. The van der Waals surface area contributed by atoms with E-state index in [0.29, 0.717) is 63.0 Å². The molecule has 1 fully saturated rings. The molecule has 1 aromatic rings. The van der Waals surface area contributed by atoms with Crippen molar-refractivity contribution in [1.29, 1.82) is 0 Å². The topological polar surface area (TPSA) is 106 Å². The molecule has 12 heteroatoms. The van der Waals surface area contributed by atoms with Crippen molar-refractivity contribution in [1.82, 2.24) is 24.3 Å². The van der Waals surface area contributed by atoms with Gasteiger partial charge in [-0.15, -0.1) is 12.4 Å². The average Bonchev–Trinajstić information content (AvgIpc) is 3.24. The molecule has 3 aliphatic heterocycles. The maximum absolute atomic E-state index is 13.7. The molecule has 1 amide bonds. The third-order valence-electron chi connectivity index (χ3n) is 7.48. The molecular formula is C27H44ClN5O5S. The number of benzene rings is 1. The van der Waals surface area contributed by atoms with Gasteiger partial charge in [-0.2, -0.15) is 4.31 Å². The first-order valence-electron chi connectivity index (χ1n) is 13.9. The molecule has 4 rings (SSSR count). The quantitative estimate of drug-likeness (QED) is 0.359. The van der Waals surface area contributed by atoms with Gasteiger partial charge in [0.25, 0.3) is 5.91 Å². The first-order valence-corrected chi connectivity index (χ1v) is 15.3. The molecule has 0 aliphatic carbocycles. The first kappa shape index (κ1) is 31.6. The number of amides is 1. The van der Waals surface area contributed by atoms with Gasteiger partial charge in [-0.05, 0) is 62.5 Å². The molecule has 2 N–H and O–H groups in total. The number of aliphatic hydroxyl groups is 1. The smallest absolute Gasteiger partial charge is 0.268 e. The Morgan fingerprint density at radius 3 is 2.46 bits per heavy atom. The van der Waals surface area contributed by atoms with Crippen molar-refractivity contribution >= 4 is 28.3 Å². The van der Waals surface area contributed by atoms with Gasteiger partial charge in [0.15, 0.2) is 0 Å². The van der Waals surface area contributed by atoms with Crippen molar-refractivity contribution in [2.24, 2.45) is 0 Å². The second-order valence-corrected chi connectivity index (χ2v) is 12.3. The van der Waals surface area contributed by atoms with Crippen LogP contribution in [0, 0.1) is 0 Å². The maximum atomic E-state index is 13.7. The highest BCUT2D eigenvalue weighted by molar-refractivity contribution is 7.89. The van der Waals surface area contributed by atoms with E-state index >= 15 is 0 Å². The van der Waals surface area contributed by atoms with Crippen LogP contribution in [0.25, 0.3) is 0 Å². The maximum Gasteiger partial charge on any atom is 0.268 e. The molecule has 220 valence electrons. The van der Waals surface area contributed by atoms with Gasteiger partial charge >= 0.3 is 0 Å². The lowest BCUT2D eigenvalue weighted by Crippen LogP contribution is -2.48. The Hall–Kier alpha value is -1.89. The minimum atomic E-state index is -3.71. The summed E-state index contributed by atoms with van der Waals surface area (Å²) in [4.78, 5) is 19.8. The van der Waals surface area contributed by atoms with Crippen molar-refractivity contribution in [2.45, 2.75) is 50.5 Å². The fourth-order valence-electron chi connectivity index (χ4n) is 5.59. The van der Waals surface area contributed by atoms with Crippen molar-refractivity contribution in [3.8, 4) is 5.75 Å². The number of halogens is 1. The predicted octanol–water partition coefficient (Wildman–Crippen LogP) is 2.02. The molecule has 1 aromatic carbocycles. The van der Waals surface area contributed by atoms with Gasteiger partial charge in [-0.25, -0.2) is 8.42 Å². The van der Waals surface area contributed by atoms with Gasteiger partial charge in [0.1, 0.15) is 11.4 Å². The Morgan fingerprint density at radius 2 is 1.79 bits per heavy atom. The minimum Gasteiger partial charge on any atom is -0.493 e. The van der Waals surface area contributed by atoms with E-state index in [-0.39, 0.29) is 29.8 Å². The normalized spacial score (nSPS) is 21.1. The number of carbonyl (C=O) groups is 1. The van der Waals surface area contributed by atoms with Crippen molar-refractivity contribution in [3.63, 3.8) is 0 Å². The van der Waals surface area contributed by atoms with Crippen LogP contribution >= 0.6 is 12.4 Å². The highest BCUT2D eigenvalue weighted by atomic mass is 35.5. The van der Waals surface area contributed by atoms with E-state index in [4.69, 9.17) is 9.84 Å². The van der Waals surface area contributed by atoms with Gasteiger partial charge in [0, 0.05) is 51.9 Å². The summed E-state index contributed by atoms with van der Waals surface area (Å²) < 4.78 is 35.0. The third kappa shape index (κ3) is 7.07. The Balaban J connectivity index is 0.00000420. The van der Waals surface area contributed by atoms with Crippen molar-refractivity contribution < 1.29 is 23.1 Å².